The number of aliphatic hydroxyl groups excluding tert-OH is 1. The van der Waals surface area contributed by atoms with E-state index in [2.05, 4.69) is 5.32 Å². The van der Waals surface area contributed by atoms with Crippen LogP contribution in [0.3, 0.4) is 0 Å². The summed E-state index contributed by atoms with van der Waals surface area (Å²) < 4.78 is 1.86. The summed E-state index contributed by atoms with van der Waals surface area (Å²) in [6.07, 6.45) is 2.19. The van der Waals surface area contributed by atoms with Crippen LogP contribution < -0.4 is 10.7 Å². The van der Waals surface area contributed by atoms with E-state index in [9.17, 15) is 9.59 Å². The van der Waals surface area contributed by atoms with Gasteiger partial charge in [0.15, 0.2) is 0 Å². The average molecular weight is 337 g/mol. The number of fused-ring (bicyclic) bond motifs is 1. The number of nitrogens with one attached hydrogen (secondary N) is 1. The van der Waals surface area contributed by atoms with E-state index in [1.807, 2.05) is 18.4 Å². The number of aryl methyl sites for hydroxylation is 1. The van der Waals surface area contributed by atoms with Crippen molar-refractivity contribution in [3.8, 4) is 0 Å². The number of amides is 1. The van der Waals surface area contributed by atoms with Crippen molar-refractivity contribution >= 4 is 28.4 Å². The second-order valence-corrected chi connectivity index (χ2v) is 6.08. The molecular weight excluding hydrogens is 316 g/mol. The van der Waals surface area contributed by atoms with Gasteiger partial charge in [0, 0.05) is 36.3 Å². The molecule has 2 aromatic rings. The van der Waals surface area contributed by atoms with Gasteiger partial charge in [-0.25, -0.2) is 0 Å². The summed E-state index contributed by atoms with van der Waals surface area (Å²) in [4.78, 5) is 24.9. The van der Waals surface area contributed by atoms with Crippen molar-refractivity contribution in [2.75, 3.05) is 13.2 Å². The minimum Gasteiger partial charge on any atom is -0.396 e. The molecule has 0 aliphatic carbocycles. The van der Waals surface area contributed by atoms with Crippen LogP contribution in [0.25, 0.3) is 10.9 Å². The highest BCUT2D eigenvalue weighted by Crippen LogP contribution is 2.17. The molecule has 0 radical (unpaired) electrons. The smallest absolute Gasteiger partial charge is 0.256 e. The largest absolute Gasteiger partial charge is 0.396 e. The molecule has 1 aromatic carbocycles. The van der Waals surface area contributed by atoms with Crippen molar-refractivity contribution < 1.29 is 9.90 Å². The molecule has 124 valence electrons. The Morgan fingerprint density at radius 1 is 1.43 bits per heavy atom. The molecule has 1 amide bonds. The second kappa shape index (κ2) is 7.62. The highest BCUT2D eigenvalue weighted by atomic mass is 35.5. The van der Waals surface area contributed by atoms with Crippen molar-refractivity contribution in [3.05, 3.63) is 45.2 Å². The number of hydrogen-bond donors (Lipinski definition) is 2. The minimum absolute atomic E-state index is 0.0775. The number of carbonyl (C=O) groups excluding carboxylic acids is 1. The first-order valence-corrected chi connectivity index (χ1v) is 8.07. The molecule has 1 heterocycles. The number of pyridine rings is 1. The number of halogens is 1. The molecule has 0 bridgehead atoms. The third-order valence-corrected chi connectivity index (χ3v) is 4.10. The van der Waals surface area contributed by atoms with Gasteiger partial charge in [-0.05, 0) is 37.5 Å². The fourth-order valence-electron chi connectivity index (χ4n) is 2.48. The van der Waals surface area contributed by atoms with Gasteiger partial charge >= 0.3 is 0 Å². The summed E-state index contributed by atoms with van der Waals surface area (Å²) in [5, 5.41) is 12.6. The minimum atomic E-state index is -0.399. The van der Waals surface area contributed by atoms with E-state index in [1.54, 1.807) is 24.4 Å². The molecule has 1 aromatic heterocycles. The molecule has 0 aliphatic heterocycles. The molecule has 6 heteroatoms. The van der Waals surface area contributed by atoms with Gasteiger partial charge in [0.1, 0.15) is 5.56 Å². The highest BCUT2D eigenvalue weighted by Gasteiger charge is 2.16. The maximum absolute atomic E-state index is 12.6. The molecule has 1 atom stereocenters. The van der Waals surface area contributed by atoms with E-state index >= 15 is 0 Å². The molecule has 0 spiro atoms. The van der Waals surface area contributed by atoms with Gasteiger partial charge < -0.3 is 15.0 Å². The Morgan fingerprint density at radius 2 is 2.17 bits per heavy atom. The molecule has 1 unspecified atom stereocenters. The molecule has 2 rings (SSSR count). The van der Waals surface area contributed by atoms with Crippen LogP contribution in [0.15, 0.2) is 29.2 Å². The van der Waals surface area contributed by atoms with Crippen molar-refractivity contribution in [2.45, 2.75) is 26.8 Å². The van der Waals surface area contributed by atoms with Gasteiger partial charge in [-0.3, -0.25) is 9.59 Å². The summed E-state index contributed by atoms with van der Waals surface area (Å²) in [5.74, 6) is -0.254. The Kier molecular flexibility index (Phi) is 5.80. The number of carbonyl (C=O) groups is 1. The number of benzene rings is 1. The van der Waals surface area contributed by atoms with Gasteiger partial charge in [0.2, 0.25) is 5.43 Å². The van der Waals surface area contributed by atoms with Gasteiger partial charge in [-0.15, -0.1) is 0 Å². The van der Waals surface area contributed by atoms with Gasteiger partial charge in [-0.1, -0.05) is 18.5 Å². The van der Waals surface area contributed by atoms with Crippen molar-refractivity contribution in [1.29, 1.82) is 0 Å². The second-order valence-electron chi connectivity index (χ2n) is 5.65. The Hall–Kier alpha value is -1.85. The summed E-state index contributed by atoms with van der Waals surface area (Å²) in [7, 11) is 0. The van der Waals surface area contributed by atoms with Crippen molar-refractivity contribution in [1.82, 2.24) is 9.88 Å². The molecule has 0 saturated carbocycles. The lowest BCUT2D eigenvalue weighted by Gasteiger charge is -2.14. The Morgan fingerprint density at radius 3 is 2.83 bits per heavy atom. The van der Waals surface area contributed by atoms with Crippen LogP contribution in [0, 0.1) is 5.92 Å². The van der Waals surface area contributed by atoms with E-state index in [-0.39, 0.29) is 23.5 Å². The molecule has 5 nitrogen and oxygen atoms in total. The van der Waals surface area contributed by atoms with Crippen LogP contribution >= 0.6 is 11.6 Å². The fraction of sp³-hybridized carbons (Fsp3) is 0.412. The quantitative estimate of drug-likeness (QED) is 0.851. The SMILES string of the molecule is CCn1cc(C(=O)NCC(C)CCO)c(=O)c2cc(Cl)ccc21. The standard InChI is InChI=1S/C17H21ClN2O3/c1-3-20-10-14(17(23)19-9-11(2)6-7-21)16(22)13-8-12(18)4-5-15(13)20/h4-5,8,10-11,21H,3,6-7,9H2,1-2H3,(H,19,23). The highest BCUT2D eigenvalue weighted by molar-refractivity contribution is 6.31. The van der Waals surface area contributed by atoms with E-state index in [0.29, 0.717) is 29.9 Å². The van der Waals surface area contributed by atoms with E-state index < -0.39 is 5.91 Å². The van der Waals surface area contributed by atoms with Crippen molar-refractivity contribution in [2.24, 2.45) is 5.92 Å². The van der Waals surface area contributed by atoms with Crippen LogP contribution in [-0.2, 0) is 6.54 Å². The lowest BCUT2D eigenvalue weighted by Crippen LogP contribution is -2.33. The molecule has 0 aliphatic rings. The number of nitrogens with zero attached hydrogens (tertiary/aromatic N) is 1. The topological polar surface area (TPSA) is 71.3 Å². The summed E-state index contributed by atoms with van der Waals surface area (Å²) in [6, 6.07) is 5.11. The first kappa shape index (κ1) is 17.5. The normalized spacial score (nSPS) is 12.3. The van der Waals surface area contributed by atoms with Crippen LogP contribution in [0.1, 0.15) is 30.6 Å². The molecule has 23 heavy (non-hydrogen) atoms. The molecular formula is C17H21ClN2O3. The van der Waals surface area contributed by atoms with Gasteiger partial charge in [-0.2, -0.15) is 0 Å². The zero-order chi connectivity index (χ0) is 17.0. The average Bonchev–Trinajstić information content (AvgIpc) is 2.53. The Balaban J connectivity index is 2.39. The summed E-state index contributed by atoms with van der Waals surface area (Å²) >= 11 is 5.98. The predicted molar refractivity (Wildman–Crippen MR) is 92.1 cm³/mol. The maximum Gasteiger partial charge on any atom is 0.256 e. The number of aromatic nitrogens is 1. The van der Waals surface area contributed by atoms with E-state index in [1.165, 1.54) is 0 Å². The molecule has 0 fully saturated rings. The Labute approximate surface area is 139 Å². The molecule has 0 saturated heterocycles. The fourth-order valence-corrected chi connectivity index (χ4v) is 2.65. The zero-order valence-corrected chi connectivity index (χ0v) is 14.1. The number of aliphatic hydroxyl groups is 1. The number of rotatable bonds is 6. The van der Waals surface area contributed by atoms with Gasteiger partial charge in [0.25, 0.3) is 5.91 Å². The third kappa shape index (κ3) is 3.92. The summed E-state index contributed by atoms with van der Waals surface area (Å²) in [6.45, 7) is 5.01. The lowest BCUT2D eigenvalue weighted by atomic mass is 10.1. The molecule has 2 N–H and O–H groups in total. The Bertz CT molecular complexity index is 770. The van der Waals surface area contributed by atoms with Crippen LogP contribution in [0.4, 0.5) is 0 Å². The van der Waals surface area contributed by atoms with Crippen molar-refractivity contribution in [3.63, 3.8) is 0 Å². The van der Waals surface area contributed by atoms with Crippen LogP contribution in [0.5, 0.6) is 0 Å². The summed E-state index contributed by atoms with van der Waals surface area (Å²) in [5.41, 5.74) is 0.546. The monoisotopic (exact) mass is 336 g/mol. The van der Waals surface area contributed by atoms with Gasteiger partial charge in [0.05, 0.1) is 5.52 Å². The first-order chi connectivity index (χ1) is 11.0. The first-order valence-electron chi connectivity index (χ1n) is 7.69. The predicted octanol–water partition coefficient (Wildman–Crippen LogP) is 2.42. The third-order valence-electron chi connectivity index (χ3n) is 3.86. The van der Waals surface area contributed by atoms with Crippen LogP contribution in [0.2, 0.25) is 5.02 Å². The van der Waals surface area contributed by atoms with Crippen LogP contribution in [-0.4, -0.2) is 28.7 Å². The maximum atomic E-state index is 12.6. The van der Waals surface area contributed by atoms with E-state index in [4.69, 9.17) is 16.7 Å². The number of hydrogen-bond acceptors (Lipinski definition) is 3. The zero-order valence-electron chi connectivity index (χ0n) is 13.3. The lowest BCUT2D eigenvalue weighted by molar-refractivity contribution is 0.0944. The van der Waals surface area contributed by atoms with E-state index in [0.717, 1.165) is 5.52 Å².